The van der Waals surface area contributed by atoms with Gasteiger partial charge in [0.1, 0.15) is 6.20 Å². The number of carboxylic acids is 1. The van der Waals surface area contributed by atoms with Crippen molar-refractivity contribution >= 4 is 55.6 Å². The third kappa shape index (κ3) is 4.08. The molecule has 0 spiro atoms. The van der Waals surface area contributed by atoms with E-state index in [0.29, 0.717) is 18.5 Å². The number of aryl methyl sites for hydroxylation is 1. The van der Waals surface area contributed by atoms with E-state index < -0.39 is 40.1 Å². The predicted octanol–water partition coefficient (Wildman–Crippen LogP) is -1.49. The first-order valence-corrected chi connectivity index (χ1v) is 13.9. The van der Waals surface area contributed by atoms with Crippen LogP contribution >= 0.6 is 23.1 Å². The standard InChI is InChI=1S/C19H25N5O6S3/c1-9-12(15(19(27)28)24-14(9)13(10(2)25)16(24)26)11-7-23-8-22(17(31-3)18(23)32-11)6-4-5-21-33(20,29)30/h7-10,13-14,21,25H,4-6H2,1-3H3,(H2-,20,27,28,29,30)/t9-,10+,13+,14+/m0/s1. The van der Waals surface area contributed by atoms with Crippen molar-refractivity contribution in [1.29, 1.82) is 0 Å². The molecule has 2 aromatic rings. The van der Waals surface area contributed by atoms with Gasteiger partial charge in [0, 0.05) is 18.0 Å². The Labute approximate surface area is 199 Å². The highest BCUT2D eigenvalue weighted by Gasteiger charge is 2.59. The number of hydrogen-bond acceptors (Lipinski definition) is 8. The summed E-state index contributed by atoms with van der Waals surface area (Å²) in [4.78, 5) is 27.4. The molecule has 4 heterocycles. The van der Waals surface area contributed by atoms with Crippen LogP contribution in [0.25, 0.3) is 10.4 Å². The van der Waals surface area contributed by atoms with Crippen LogP contribution in [0.15, 0.2) is 23.2 Å². The SMILES string of the molecule is CSc1c2sc(C3=C(C(=O)[O-])N4C(=O)[C@H]([C@@H](C)O)[C@H]4[C@H]3C)c[n+]2cn1CCCNS(N)(=O)=O. The molecule has 1 amide bonds. The third-order valence-corrected chi connectivity index (χ3v) is 8.80. The smallest absolute Gasteiger partial charge is 0.274 e. The lowest BCUT2D eigenvalue weighted by molar-refractivity contribution is -0.508. The van der Waals surface area contributed by atoms with Crippen LogP contribution in [-0.4, -0.2) is 59.8 Å². The number of β-lactam (4-membered cyclic amide) rings is 1. The van der Waals surface area contributed by atoms with Crippen LogP contribution in [0.4, 0.5) is 0 Å². The third-order valence-electron chi connectivity index (χ3n) is 6.11. The molecule has 0 unspecified atom stereocenters. The van der Waals surface area contributed by atoms with Crippen molar-refractivity contribution in [3.63, 3.8) is 0 Å². The second kappa shape index (κ2) is 8.67. The van der Waals surface area contributed by atoms with E-state index in [9.17, 15) is 28.2 Å². The van der Waals surface area contributed by atoms with E-state index in [4.69, 9.17) is 5.14 Å². The molecule has 4 rings (SSSR count). The quantitative estimate of drug-likeness (QED) is 0.159. The minimum absolute atomic E-state index is 0.119. The highest BCUT2D eigenvalue weighted by atomic mass is 32.2. The summed E-state index contributed by atoms with van der Waals surface area (Å²) in [6.45, 7) is 4.18. The fraction of sp³-hybridized carbons (Fsp3) is 0.526. The Morgan fingerprint density at radius 1 is 1.48 bits per heavy atom. The number of carboxylic acid groups (broad SMARTS) is 1. The van der Waals surface area contributed by atoms with E-state index in [1.54, 1.807) is 6.92 Å². The molecule has 0 aliphatic carbocycles. The number of hydrogen-bond donors (Lipinski definition) is 3. The minimum atomic E-state index is -3.73. The van der Waals surface area contributed by atoms with Crippen LogP contribution < -0.4 is 19.4 Å². The van der Waals surface area contributed by atoms with Crippen molar-refractivity contribution in [3.05, 3.63) is 23.1 Å². The van der Waals surface area contributed by atoms with Gasteiger partial charge in [0.2, 0.25) is 15.8 Å². The molecule has 0 aromatic carbocycles. The molecule has 2 aliphatic rings. The molecule has 4 atom stereocenters. The summed E-state index contributed by atoms with van der Waals surface area (Å²) in [6, 6.07) is -0.404. The number of rotatable bonds is 9. The Bertz CT molecular complexity index is 1260. The molecular weight excluding hydrogens is 490 g/mol. The number of carbonyl (C=O) groups excluding carboxylic acids is 2. The summed E-state index contributed by atoms with van der Waals surface area (Å²) in [5.74, 6) is -2.70. The number of aromatic nitrogens is 2. The van der Waals surface area contributed by atoms with Gasteiger partial charge in [-0.1, -0.05) is 30.0 Å². The summed E-state index contributed by atoms with van der Waals surface area (Å²) >= 11 is 2.94. The van der Waals surface area contributed by atoms with Gasteiger partial charge in [-0.25, -0.2) is 14.4 Å². The Balaban J connectivity index is 1.66. The van der Waals surface area contributed by atoms with E-state index in [-0.39, 0.29) is 18.2 Å². The lowest BCUT2D eigenvalue weighted by atomic mass is 9.77. The fourth-order valence-electron chi connectivity index (χ4n) is 4.77. The fourth-order valence-corrected chi connectivity index (χ4v) is 7.40. The molecule has 2 aliphatic heterocycles. The van der Waals surface area contributed by atoms with E-state index in [2.05, 4.69) is 4.72 Å². The highest BCUT2D eigenvalue weighted by Crippen LogP contribution is 2.51. The molecule has 0 saturated carbocycles. The van der Waals surface area contributed by atoms with Gasteiger partial charge in [-0.3, -0.25) is 4.79 Å². The molecule has 14 heteroatoms. The average Bonchev–Trinajstić information content (AvgIpc) is 3.31. The van der Waals surface area contributed by atoms with Gasteiger partial charge in [0.05, 0.1) is 41.2 Å². The van der Waals surface area contributed by atoms with E-state index in [1.807, 2.05) is 34.7 Å². The van der Waals surface area contributed by atoms with Crippen molar-refractivity contribution in [2.45, 2.75) is 44.0 Å². The Morgan fingerprint density at radius 3 is 2.76 bits per heavy atom. The van der Waals surface area contributed by atoms with Gasteiger partial charge in [0.25, 0.3) is 16.5 Å². The first-order valence-electron chi connectivity index (χ1n) is 10.3. The number of aliphatic hydroxyl groups is 1. The number of carbonyl (C=O) groups is 2. The number of nitrogens with one attached hydrogen (secondary N) is 1. The molecule has 180 valence electrons. The first kappa shape index (κ1) is 24.2. The average molecular weight is 516 g/mol. The maximum Gasteiger partial charge on any atom is 0.274 e. The number of thiazole rings is 1. The lowest BCUT2D eigenvalue weighted by Gasteiger charge is -2.47. The summed E-state index contributed by atoms with van der Waals surface area (Å²) in [5.41, 5.74) is 0.424. The molecule has 0 bridgehead atoms. The molecule has 2 aromatic heterocycles. The Morgan fingerprint density at radius 2 is 2.18 bits per heavy atom. The zero-order valence-electron chi connectivity index (χ0n) is 18.2. The van der Waals surface area contributed by atoms with Crippen LogP contribution in [0.1, 0.15) is 25.1 Å². The molecule has 4 N–H and O–H groups in total. The second-order valence-electron chi connectivity index (χ2n) is 8.22. The van der Waals surface area contributed by atoms with Crippen LogP contribution in [-0.2, 0) is 26.3 Å². The first-order chi connectivity index (χ1) is 15.5. The second-order valence-corrected chi connectivity index (χ2v) is 11.4. The van der Waals surface area contributed by atoms with Gasteiger partial charge >= 0.3 is 0 Å². The van der Waals surface area contributed by atoms with E-state index in [0.717, 1.165) is 14.7 Å². The maximum atomic E-state index is 12.6. The number of imidazole rings is 1. The van der Waals surface area contributed by atoms with Gasteiger partial charge in [-0.05, 0) is 19.6 Å². The molecule has 33 heavy (non-hydrogen) atoms. The molecule has 0 radical (unpaired) electrons. The summed E-state index contributed by atoms with van der Waals surface area (Å²) < 4.78 is 28.2. The summed E-state index contributed by atoms with van der Waals surface area (Å²) in [5, 5.41) is 27.9. The van der Waals surface area contributed by atoms with Gasteiger partial charge in [-0.15, -0.1) is 0 Å². The largest absolute Gasteiger partial charge is 0.543 e. The molecular formula is C19H25N5O6S3. The number of aliphatic carboxylic acids is 1. The highest BCUT2D eigenvalue weighted by molar-refractivity contribution is 7.98. The van der Waals surface area contributed by atoms with Gasteiger partial charge in [-0.2, -0.15) is 12.8 Å². The summed E-state index contributed by atoms with van der Waals surface area (Å²) in [6.07, 6.45) is 5.30. The van der Waals surface area contributed by atoms with Crippen LogP contribution in [0.2, 0.25) is 0 Å². The van der Waals surface area contributed by atoms with Gasteiger partial charge in [0.15, 0.2) is 0 Å². The monoisotopic (exact) mass is 515 g/mol. The number of thioether (sulfide) groups is 1. The predicted molar refractivity (Wildman–Crippen MR) is 120 cm³/mol. The van der Waals surface area contributed by atoms with Crippen LogP contribution in [0, 0.1) is 11.8 Å². The number of fused-ring (bicyclic) bond motifs is 2. The van der Waals surface area contributed by atoms with Gasteiger partial charge < -0.3 is 19.9 Å². The van der Waals surface area contributed by atoms with E-state index >= 15 is 0 Å². The van der Waals surface area contributed by atoms with Crippen molar-refractivity contribution in [2.75, 3.05) is 12.8 Å². The zero-order chi connectivity index (χ0) is 24.2. The minimum Gasteiger partial charge on any atom is -0.543 e. The Kier molecular flexibility index (Phi) is 6.35. The van der Waals surface area contributed by atoms with Crippen LogP contribution in [0.5, 0.6) is 0 Å². The van der Waals surface area contributed by atoms with Crippen molar-refractivity contribution in [1.82, 2.24) is 14.2 Å². The number of aliphatic hydroxyl groups excluding tert-OH is 1. The van der Waals surface area contributed by atoms with E-state index in [1.165, 1.54) is 28.0 Å². The van der Waals surface area contributed by atoms with Crippen molar-refractivity contribution < 1.29 is 32.6 Å². The van der Waals surface area contributed by atoms with Crippen LogP contribution in [0.3, 0.4) is 0 Å². The topological polar surface area (TPSA) is 162 Å². The van der Waals surface area contributed by atoms with Crippen molar-refractivity contribution in [3.8, 4) is 0 Å². The number of nitrogens with two attached hydrogens (primary N) is 1. The molecule has 1 fully saturated rings. The number of amides is 1. The molecule has 1 saturated heterocycles. The normalized spacial score (nSPS) is 23.8. The zero-order valence-corrected chi connectivity index (χ0v) is 20.7. The number of nitrogens with zero attached hydrogens (tertiary/aromatic N) is 3. The molecule has 11 nitrogen and oxygen atoms in total. The maximum absolute atomic E-state index is 12.6. The Hall–Kier alpha value is -1.97. The lowest BCUT2D eigenvalue weighted by Crippen LogP contribution is -2.64. The van der Waals surface area contributed by atoms with Crippen molar-refractivity contribution in [2.24, 2.45) is 17.0 Å². The summed E-state index contributed by atoms with van der Waals surface area (Å²) in [7, 11) is -3.73.